The van der Waals surface area contributed by atoms with Gasteiger partial charge in [-0.3, -0.25) is 9.59 Å². The maximum Gasteiger partial charge on any atom is 0.242 e. The average Bonchev–Trinajstić information content (AvgIpc) is 2.49. The lowest BCUT2D eigenvalue weighted by Crippen LogP contribution is -2.49. The number of carbonyl (C=O) groups excluding carboxylic acids is 2. The van der Waals surface area contributed by atoms with Crippen molar-refractivity contribution in [2.24, 2.45) is 17.4 Å². The molecule has 0 aromatic carbocycles. The van der Waals surface area contributed by atoms with Crippen LogP contribution >= 0.6 is 0 Å². The number of rotatable bonds is 8. The summed E-state index contributed by atoms with van der Waals surface area (Å²) >= 11 is 0. The average molecular weight is 284 g/mol. The van der Waals surface area contributed by atoms with Gasteiger partial charge in [-0.25, -0.2) is 0 Å². The van der Waals surface area contributed by atoms with E-state index >= 15 is 0 Å². The highest BCUT2D eigenvalue weighted by Crippen LogP contribution is 2.22. The molecule has 1 rings (SSSR count). The second kappa shape index (κ2) is 9.72. The van der Waals surface area contributed by atoms with Gasteiger partial charge in [0, 0.05) is 6.54 Å². The maximum atomic E-state index is 12.1. The first kappa shape index (κ1) is 16.9. The van der Waals surface area contributed by atoms with Gasteiger partial charge in [0.25, 0.3) is 0 Å². The van der Waals surface area contributed by atoms with Crippen LogP contribution in [0, 0.1) is 5.92 Å². The molecule has 0 bridgehead atoms. The summed E-state index contributed by atoms with van der Waals surface area (Å²) in [6.45, 7) is 1.11. The van der Waals surface area contributed by atoms with Crippen molar-refractivity contribution in [3.8, 4) is 0 Å². The van der Waals surface area contributed by atoms with Crippen molar-refractivity contribution >= 4 is 11.8 Å². The van der Waals surface area contributed by atoms with E-state index in [4.69, 9.17) is 11.5 Å². The lowest BCUT2D eigenvalue weighted by atomic mass is 9.89. The van der Waals surface area contributed by atoms with Crippen LogP contribution < -0.4 is 22.1 Å². The molecule has 0 aromatic heterocycles. The molecule has 6 nitrogen and oxygen atoms in total. The molecular weight excluding hydrogens is 256 g/mol. The molecule has 0 radical (unpaired) electrons. The zero-order chi connectivity index (χ0) is 14.8. The topological polar surface area (TPSA) is 110 Å². The van der Waals surface area contributed by atoms with Gasteiger partial charge >= 0.3 is 0 Å². The van der Waals surface area contributed by atoms with Crippen LogP contribution in [-0.2, 0) is 9.59 Å². The summed E-state index contributed by atoms with van der Waals surface area (Å²) in [6, 6.07) is -0.516. The molecule has 0 spiro atoms. The van der Waals surface area contributed by atoms with Gasteiger partial charge in [0.2, 0.25) is 11.8 Å². The third-order valence-corrected chi connectivity index (χ3v) is 3.82. The fourth-order valence-corrected chi connectivity index (χ4v) is 2.60. The standard InChI is InChI=1S/C14H28N4O2/c15-8-4-7-12(18-13(19)9-16)14(20)17-10-11-5-2-1-3-6-11/h11-12H,1-10,15-16H2,(H,17,20)(H,18,19). The molecule has 0 saturated heterocycles. The third-order valence-electron chi connectivity index (χ3n) is 3.82. The summed E-state index contributed by atoms with van der Waals surface area (Å²) in [5.41, 5.74) is 10.7. The van der Waals surface area contributed by atoms with Crippen LogP contribution in [0.2, 0.25) is 0 Å². The van der Waals surface area contributed by atoms with E-state index in [1.807, 2.05) is 0 Å². The number of carbonyl (C=O) groups is 2. The number of nitrogens with one attached hydrogen (secondary N) is 2. The lowest BCUT2D eigenvalue weighted by Gasteiger charge is -2.24. The van der Waals surface area contributed by atoms with Crippen LogP contribution in [-0.4, -0.2) is 37.5 Å². The molecule has 1 atom stereocenters. The van der Waals surface area contributed by atoms with Gasteiger partial charge in [0.1, 0.15) is 6.04 Å². The molecule has 1 aliphatic carbocycles. The van der Waals surface area contributed by atoms with Crippen molar-refractivity contribution in [1.29, 1.82) is 0 Å². The van der Waals surface area contributed by atoms with Crippen molar-refractivity contribution < 1.29 is 9.59 Å². The number of nitrogens with two attached hydrogens (primary N) is 2. The molecule has 0 heterocycles. The summed E-state index contributed by atoms with van der Waals surface area (Å²) in [4.78, 5) is 23.5. The highest BCUT2D eigenvalue weighted by Gasteiger charge is 2.21. The molecule has 1 saturated carbocycles. The summed E-state index contributed by atoms with van der Waals surface area (Å²) in [7, 11) is 0. The van der Waals surface area contributed by atoms with Crippen molar-refractivity contribution in [3.05, 3.63) is 0 Å². The zero-order valence-electron chi connectivity index (χ0n) is 12.2. The highest BCUT2D eigenvalue weighted by molar-refractivity contribution is 5.88. The van der Waals surface area contributed by atoms with E-state index < -0.39 is 6.04 Å². The first-order valence-electron chi connectivity index (χ1n) is 7.64. The summed E-state index contributed by atoms with van der Waals surface area (Å²) in [5.74, 6) is 0.152. The fourth-order valence-electron chi connectivity index (χ4n) is 2.60. The number of hydrogen-bond donors (Lipinski definition) is 4. The Bertz CT molecular complexity index is 304. The SMILES string of the molecule is NCCCC(NC(=O)CN)C(=O)NCC1CCCCC1. The Labute approximate surface area is 121 Å². The molecule has 116 valence electrons. The first-order chi connectivity index (χ1) is 9.67. The molecule has 0 aromatic rings. The van der Waals surface area contributed by atoms with Crippen LogP contribution in [0.4, 0.5) is 0 Å². The van der Waals surface area contributed by atoms with Gasteiger partial charge in [0.15, 0.2) is 0 Å². The largest absolute Gasteiger partial charge is 0.354 e. The van der Waals surface area contributed by atoms with Crippen molar-refractivity contribution in [1.82, 2.24) is 10.6 Å². The monoisotopic (exact) mass is 284 g/mol. The van der Waals surface area contributed by atoms with Crippen LogP contribution in [0.25, 0.3) is 0 Å². The summed E-state index contributed by atoms with van der Waals surface area (Å²) < 4.78 is 0. The predicted octanol–water partition coefficient (Wildman–Crippen LogP) is -0.135. The van der Waals surface area contributed by atoms with Gasteiger partial charge < -0.3 is 22.1 Å². The van der Waals surface area contributed by atoms with E-state index in [2.05, 4.69) is 10.6 Å². The van der Waals surface area contributed by atoms with E-state index in [-0.39, 0.29) is 18.4 Å². The van der Waals surface area contributed by atoms with Gasteiger partial charge in [-0.2, -0.15) is 0 Å². The Balaban J connectivity index is 2.38. The molecule has 1 fully saturated rings. The van der Waals surface area contributed by atoms with Crippen LogP contribution in [0.3, 0.4) is 0 Å². The van der Waals surface area contributed by atoms with E-state index in [1.165, 1.54) is 32.1 Å². The van der Waals surface area contributed by atoms with Gasteiger partial charge in [-0.05, 0) is 38.1 Å². The molecule has 1 unspecified atom stereocenters. The van der Waals surface area contributed by atoms with Crippen molar-refractivity contribution in [2.75, 3.05) is 19.6 Å². The quantitative estimate of drug-likeness (QED) is 0.497. The molecule has 1 aliphatic rings. The van der Waals surface area contributed by atoms with E-state index in [0.29, 0.717) is 31.8 Å². The van der Waals surface area contributed by atoms with E-state index in [1.54, 1.807) is 0 Å². The fraction of sp³-hybridized carbons (Fsp3) is 0.857. The molecular formula is C14H28N4O2. The van der Waals surface area contributed by atoms with Crippen LogP contribution in [0.5, 0.6) is 0 Å². The smallest absolute Gasteiger partial charge is 0.242 e. The lowest BCUT2D eigenvalue weighted by molar-refractivity contribution is -0.128. The molecule has 2 amide bonds. The maximum absolute atomic E-state index is 12.1. The van der Waals surface area contributed by atoms with Crippen LogP contribution in [0.15, 0.2) is 0 Å². The van der Waals surface area contributed by atoms with Gasteiger partial charge in [-0.15, -0.1) is 0 Å². The second-order valence-electron chi connectivity index (χ2n) is 5.50. The molecule has 6 N–H and O–H groups in total. The summed E-state index contributed by atoms with van der Waals surface area (Å²) in [6.07, 6.45) is 7.43. The zero-order valence-corrected chi connectivity index (χ0v) is 12.2. The molecule has 6 heteroatoms. The number of hydrogen-bond acceptors (Lipinski definition) is 4. The first-order valence-corrected chi connectivity index (χ1v) is 7.64. The minimum atomic E-state index is -0.516. The van der Waals surface area contributed by atoms with E-state index in [9.17, 15) is 9.59 Å². The molecule has 20 heavy (non-hydrogen) atoms. The van der Waals surface area contributed by atoms with Gasteiger partial charge in [-0.1, -0.05) is 19.3 Å². The Hall–Kier alpha value is -1.14. The Morgan fingerprint density at radius 1 is 1.15 bits per heavy atom. The van der Waals surface area contributed by atoms with Crippen molar-refractivity contribution in [2.45, 2.75) is 51.0 Å². The van der Waals surface area contributed by atoms with Crippen molar-refractivity contribution in [3.63, 3.8) is 0 Å². The van der Waals surface area contributed by atoms with E-state index in [0.717, 1.165) is 0 Å². The molecule has 0 aliphatic heterocycles. The Morgan fingerprint density at radius 2 is 1.85 bits per heavy atom. The second-order valence-corrected chi connectivity index (χ2v) is 5.50. The predicted molar refractivity (Wildman–Crippen MR) is 78.9 cm³/mol. The minimum Gasteiger partial charge on any atom is -0.354 e. The van der Waals surface area contributed by atoms with Crippen LogP contribution in [0.1, 0.15) is 44.9 Å². The summed E-state index contributed by atoms with van der Waals surface area (Å²) in [5, 5.41) is 5.61. The number of amides is 2. The van der Waals surface area contributed by atoms with Gasteiger partial charge in [0.05, 0.1) is 6.54 Å². The Kier molecular flexibility index (Phi) is 8.22. The normalized spacial score (nSPS) is 17.5. The highest BCUT2D eigenvalue weighted by atomic mass is 16.2. The minimum absolute atomic E-state index is 0.102. The third kappa shape index (κ3) is 6.34. The Morgan fingerprint density at radius 3 is 2.45 bits per heavy atom.